The van der Waals surface area contributed by atoms with Crippen molar-refractivity contribution in [3.8, 4) is 0 Å². The molecule has 10 heteroatoms. The number of carboxylic acids is 1. The van der Waals surface area contributed by atoms with Gasteiger partial charge in [-0.2, -0.15) is 0 Å². The van der Waals surface area contributed by atoms with Crippen molar-refractivity contribution < 1.29 is 38.2 Å². The molecular weight excluding hydrogens is 238 g/mol. The molecule has 2 unspecified atom stereocenters. The molecule has 4 N–H and O–H groups in total. The summed E-state index contributed by atoms with van der Waals surface area (Å²) in [5, 5.41) is 14.8. The van der Waals surface area contributed by atoms with Crippen LogP contribution >= 0.6 is 16.5 Å². The predicted molar refractivity (Wildman–Crippen MR) is 46.9 cm³/mol. The number of hydrogen-bond acceptors (Lipinski definition) is 5. The molecule has 0 aliphatic carbocycles. The van der Waals surface area contributed by atoms with Crippen LogP contribution in [0.25, 0.3) is 0 Å². The highest BCUT2D eigenvalue weighted by Gasteiger charge is 2.31. The third-order valence-electron chi connectivity index (χ3n) is 0.140. The van der Waals surface area contributed by atoms with E-state index in [1.54, 1.807) is 0 Å². The van der Waals surface area contributed by atoms with Crippen molar-refractivity contribution in [3.05, 3.63) is 12.8 Å². The quantitative estimate of drug-likeness (QED) is 0.420. The van der Waals surface area contributed by atoms with Gasteiger partial charge < -0.3 is 10.2 Å². The zero-order valence-corrected chi connectivity index (χ0v) is 8.89. The number of rotatable bonds is 2. The normalized spacial score (nSPS) is 9.36. The topological polar surface area (TPSA) is 141 Å². The van der Waals surface area contributed by atoms with Crippen LogP contribution in [0.4, 0.5) is 0 Å². The van der Waals surface area contributed by atoms with Gasteiger partial charge in [0, 0.05) is 16.1 Å². The summed E-state index contributed by atoms with van der Waals surface area (Å²) in [5.41, 5.74) is 0. The van der Waals surface area contributed by atoms with Crippen molar-refractivity contribution in [2.45, 2.75) is 6.92 Å². The van der Waals surface area contributed by atoms with E-state index in [4.69, 9.17) is 24.8 Å². The second-order valence-corrected chi connectivity index (χ2v) is 2.86. The van der Waals surface area contributed by atoms with Crippen molar-refractivity contribution in [2.24, 2.45) is 0 Å². The maximum atomic E-state index is 9.39. The van der Waals surface area contributed by atoms with Crippen molar-refractivity contribution in [2.75, 3.05) is 0 Å². The molecule has 0 rings (SSSR count). The highest BCUT2D eigenvalue weighted by molar-refractivity contribution is 7.46. The average molecular weight is 248 g/mol. The molecule has 0 saturated carbocycles. The Morgan fingerprint density at radius 3 is 1.50 bits per heavy atom. The molecule has 0 amide bonds. The number of aliphatic carboxylic acids is 1. The van der Waals surface area contributed by atoms with E-state index in [0.717, 1.165) is 13.2 Å². The zero-order valence-electron chi connectivity index (χ0n) is 7.10. The van der Waals surface area contributed by atoms with Gasteiger partial charge in [0.1, 0.15) is 0 Å². The molecule has 14 heavy (non-hydrogen) atoms. The Morgan fingerprint density at radius 2 is 1.50 bits per heavy atom. The standard InChI is InChI=1S/C2H4O2.C2H4O.O5P2/c1-2(3)4;1-2-3;1-6(2)5-7(3)4/h1H3,(H,3,4);2-3H,1H2;/p+2. The average Bonchev–Trinajstić information content (AvgIpc) is 1.82. The van der Waals surface area contributed by atoms with E-state index in [1.165, 1.54) is 0 Å². The second kappa shape index (κ2) is 14.6. The summed E-state index contributed by atoms with van der Waals surface area (Å²) < 4.78 is 22.2. The van der Waals surface area contributed by atoms with Crippen molar-refractivity contribution in [3.63, 3.8) is 0 Å². The fourth-order valence-electron chi connectivity index (χ4n) is 0.0598. The lowest BCUT2D eigenvalue weighted by molar-refractivity contribution is -0.134. The lowest BCUT2D eigenvalue weighted by Gasteiger charge is -1.59. The fraction of sp³-hybridized carbons (Fsp3) is 0.250. The summed E-state index contributed by atoms with van der Waals surface area (Å²) in [6.45, 7) is 4.00. The van der Waals surface area contributed by atoms with Crippen LogP contribution in [0.1, 0.15) is 6.92 Å². The summed E-state index contributed by atoms with van der Waals surface area (Å²) in [6, 6.07) is 0. The molecular formula is C4H10O8P2+2. The zero-order chi connectivity index (χ0) is 12.1. The first kappa shape index (κ1) is 18.8. The molecule has 0 aromatic heterocycles. The third kappa shape index (κ3) is 118. The first-order valence-corrected chi connectivity index (χ1v) is 4.99. The molecule has 0 fully saturated rings. The molecule has 8 nitrogen and oxygen atoms in total. The first-order chi connectivity index (χ1) is 6.27. The molecule has 0 aromatic carbocycles. The summed E-state index contributed by atoms with van der Waals surface area (Å²) in [4.78, 5) is 24.3. The van der Waals surface area contributed by atoms with E-state index in [1.807, 2.05) is 0 Å². The minimum atomic E-state index is -2.92. The molecule has 0 aromatic rings. The van der Waals surface area contributed by atoms with Gasteiger partial charge in [0.05, 0.1) is 6.26 Å². The van der Waals surface area contributed by atoms with Crippen LogP contribution in [0.5, 0.6) is 0 Å². The SMILES string of the molecule is C=CO.CC(=O)O.O=[P+](O)O[P+](=O)O. The lowest BCUT2D eigenvalue weighted by Crippen LogP contribution is -1.78. The second-order valence-electron chi connectivity index (χ2n) is 1.26. The van der Waals surface area contributed by atoms with E-state index < -0.39 is 22.5 Å². The maximum absolute atomic E-state index is 9.39. The van der Waals surface area contributed by atoms with E-state index >= 15 is 0 Å². The van der Waals surface area contributed by atoms with Gasteiger partial charge in [-0.05, 0) is 0 Å². The van der Waals surface area contributed by atoms with E-state index in [9.17, 15) is 9.13 Å². The Kier molecular flexibility index (Phi) is 19.6. The highest BCUT2D eigenvalue weighted by Crippen LogP contribution is 2.30. The molecule has 0 spiro atoms. The maximum Gasteiger partial charge on any atom is 0.745 e. The minimum absolute atomic E-state index is 0.750. The van der Waals surface area contributed by atoms with Crippen LogP contribution in [0.15, 0.2) is 12.8 Å². The Balaban J connectivity index is -0.000000147. The third-order valence-corrected chi connectivity index (χ3v) is 1.26. The number of hydrogen-bond donors (Lipinski definition) is 4. The van der Waals surface area contributed by atoms with Gasteiger partial charge in [-0.3, -0.25) is 4.79 Å². The summed E-state index contributed by atoms with van der Waals surface area (Å²) >= 11 is 0. The molecule has 82 valence electrons. The molecule has 0 aliphatic rings. The molecule has 0 radical (unpaired) electrons. The lowest BCUT2D eigenvalue weighted by atomic mass is 10.9. The number of aliphatic hydroxyl groups excluding tert-OH is 1. The van der Waals surface area contributed by atoms with Crippen molar-refractivity contribution in [1.82, 2.24) is 0 Å². The van der Waals surface area contributed by atoms with Crippen LogP contribution in [0, 0.1) is 0 Å². The Bertz CT molecular complexity index is 186. The van der Waals surface area contributed by atoms with Crippen molar-refractivity contribution >= 4 is 22.5 Å². The van der Waals surface area contributed by atoms with E-state index in [2.05, 4.69) is 10.9 Å². The van der Waals surface area contributed by atoms with Gasteiger partial charge in [-0.25, -0.2) is 0 Å². The van der Waals surface area contributed by atoms with Crippen molar-refractivity contribution in [1.29, 1.82) is 0 Å². The van der Waals surface area contributed by atoms with Crippen LogP contribution < -0.4 is 0 Å². The van der Waals surface area contributed by atoms with Crippen LogP contribution in [0.3, 0.4) is 0 Å². The highest BCUT2D eigenvalue weighted by atomic mass is 31.2. The summed E-state index contributed by atoms with van der Waals surface area (Å²) in [5.74, 6) is -0.833. The van der Waals surface area contributed by atoms with Gasteiger partial charge in [-0.15, -0.1) is 9.79 Å². The largest absolute Gasteiger partial charge is 0.745 e. The molecule has 0 saturated heterocycles. The van der Waals surface area contributed by atoms with E-state index in [-0.39, 0.29) is 0 Å². The van der Waals surface area contributed by atoms with Crippen LogP contribution in [-0.4, -0.2) is 26.0 Å². The Hall–Kier alpha value is -0.910. The predicted octanol–water partition coefficient (Wildman–Crippen LogP) is 1.08. The van der Waals surface area contributed by atoms with Crippen LogP contribution in [0.2, 0.25) is 0 Å². The Morgan fingerprint density at radius 1 is 1.36 bits per heavy atom. The molecule has 2 atom stereocenters. The monoisotopic (exact) mass is 248 g/mol. The summed E-state index contributed by atoms with van der Waals surface area (Å²) in [6.07, 6.45) is 0.750. The number of carboxylic acid groups (broad SMARTS) is 1. The number of aliphatic hydroxyl groups is 1. The Labute approximate surface area is 81.4 Å². The minimum Gasteiger partial charge on any atom is -0.516 e. The van der Waals surface area contributed by atoms with Gasteiger partial charge in [0.2, 0.25) is 0 Å². The smallest absolute Gasteiger partial charge is 0.516 e. The van der Waals surface area contributed by atoms with E-state index in [0.29, 0.717) is 0 Å². The fourth-order valence-corrected chi connectivity index (χ4v) is 0.538. The summed E-state index contributed by atoms with van der Waals surface area (Å²) in [7, 11) is -5.85. The van der Waals surface area contributed by atoms with Crippen LogP contribution in [-0.2, 0) is 18.2 Å². The van der Waals surface area contributed by atoms with Gasteiger partial charge >= 0.3 is 16.5 Å². The molecule has 0 aliphatic heterocycles. The molecule has 0 bridgehead atoms. The number of carbonyl (C=O) groups is 1. The first-order valence-electron chi connectivity index (χ1n) is 2.72. The molecule has 0 heterocycles. The van der Waals surface area contributed by atoms with Gasteiger partial charge in [-0.1, -0.05) is 6.58 Å². The van der Waals surface area contributed by atoms with Gasteiger partial charge in [0.15, 0.2) is 4.31 Å². The van der Waals surface area contributed by atoms with Gasteiger partial charge in [0.25, 0.3) is 5.97 Å².